The van der Waals surface area contributed by atoms with Crippen LogP contribution in [0.5, 0.6) is 11.5 Å². The molecule has 2 aromatic carbocycles. The first-order valence-corrected chi connectivity index (χ1v) is 15.0. The summed E-state index contributed by atoms with van der Waals surface area (Å²) in [6.07, 6.45) is 19.9. The fraction of sp³-hybridized carbons (Fsp3) is 0.471. The fourth-order valence-electron chi connectivity index (χ4n) is 4.03. The van der Waals surface area contributed by atoms with Gasteiger partial charge in [0, 0.05) is 0 Å². The molecule has 9 heteroatoms. The van der Waals surface area contributed by atoms with Crippen molar-refractivity contribution in [1.82, 2.24) is 5.32 Å². The van der Waals surface area contributed by atoms with E-state index in [1.165, 1.54) is 81.7 Å². The number of hydrogen-bond donors (Lipinski definition) is 1. The zero-order valence-corrected chi connectivity index (χ0v) is 26.0. The summed E-state index contributed by atoms with van der Waals surface area (Å²) in [5.74, 6) is 1.49. The quantitative estimate of drug-likeness (QED) is 0.0426. The van der Waals surface area contributed by atoms with E-state index in [2.05, 4.69) is 67.4 Å². The molecule has 236 valence electrons. The lowest BCUT2D eigenvalue weighted by molar-refractivity contribution is -0.763. The van der Waals surface area contributed by atoms with Crippen molar-refractivity contribution < 1.29 is 29.0 Å². The Morgan fingerprint density at radius 3 is 2.42 bits per heavy atom. The minimum atomic E-state index is -0.888. The second-order valence-electron chi connectivity index (χ2n) is 10.2. The van der Waals surface area contributed by atoms with E-state index in [9.17, 15) is 19.7 Å². The Morgan fingerprint density at radius 2 is 1.81 bits per heavy atom. The molecule has 1 saturated carbocycles. The lowest BCUT2D eigenvalue weighted by Gasteiger charge is -2.10. The maximum atomic E-state index is 11.4. The molecule has 0 radical (unpaired) electrons. The third-order valence-electron chi connectivity index (χ3n) is 6.46. The number of nitrogens with one attached hydrogen (secondary N) is 1. The van der Waals surface area contributed by atoms with Crippen molar-refractivity contribution in [3.63, 3.8) is 0 Å². The number of benzene rings is 2. The Morgan fingerprint density at radius 1 is 1.09 bits per heavy atom. The van der Waals surface area contributed by atoms with E-state index in [-0.39, 0.29) is 12.4 Å². The lowest BCUT2D eigenvalue weighted by Crippen LogP contribution is -2.35. The van der Waals surface area contributed by atoms with Gasteiger partial charge in [0.2, 0.25) is 6.41 Å². The first-order valence-electron chi connectivity index (χ1n) is 15.0. The van der Waals surface area contributed by atoms with E-state index < -0.39 is 17.1 Å². The normalized spacial score (nSPS) is 13.3. The zero-order chi connectivity index (χ0) is 31.7. The van der Waals surface area contributed by atoms with Gasteiger partial charge in [-0.25, -0.2) is 4.79 Å². The van der Waals surface area contributed by atoms with Crippen LogP contribution in [0.25, 0.3) is 0 Å². The zero-order valence-electron chi connectivity index (χ0n) is 26.0. The van der Waals surface area contributed by atoms with Gasteiger partial charge in [-0.3, -0.25) is 4.79 Å². The van der Waals surface area contributed by atoms with Crippen molar-refractivity contribution in [1.29, 1.82) is 0 Å². The molecule has 2 aromatic rings. The molecule has 0 aliphatic heterocycles. The van der Waals surface area contributed by atoms with Crippen molar-refractivity contribution in [2.75, 3.05) is 6.61 Å². The second kappa shape index (κ2) is 23.4. The highest BCUT2D eigenvalue weighted by atomic mass is 16.9. The summed E-state index contributed by atoms with van der Waals surface area (Å²) in [4.78, 5) is 35.8. The number of aryl methyl sites for hydroxylation is 1. The minimum Gasteiger partial charge on any atom is -0.493 e. The molecule has 9 nitrogen and oxygen atoms in total. The Labute approximate surface area is 256 Å². The van der Waals surface area contributed by atoms with E-state index in [1.54, 1.807) is 0 Å². The number of hydrogen-bond acceptors (Lipinski definition) is 7. The van der Waals surface area contributed by atoms with Gasteiger partial charge in [-0.15, -0.1) is 10.1 Å². The molecule has 1 amide bonds. The molecule has 1 aliphatic carbocycles. The molecule has 43 heavy (non-hydrogen) atoms. The standard InChI is InChI=1S/C16H22O.C11H12N2O6.C7H14/c1-14-7-6-11-16(13-14)17-12-5-4-10-15-8-2-3-9-15;1-8(12-7-14)11(15)19-10-4-2-9(3-5-10)6-18-13(16)17;1-3-5-7-6-4-2/h4,6-7,10-11,13,15H,2-3,5,8-9,12H2,1H3;2-5,7-8H,6H2,1H3,(H,12,14);3,5H,4,6-7H2,1-2H3/b10-4+;;5-3-. The number of carbonyl (C=O) groups is 2. The summed E-state index contributed by atoms with van der Waals surface area (Å²) >= 11 is 0. The van der Waals surface area contributed by atoms with Crippen LogP contribution in [-0.2, 0) is 21.0 Å². The Hall–Kier alpha value is -4.14. The second-order valence-corrected chi connectivity index (χ2v) is 10.2. The van der Waals surface area contributed by atoms with Gasteiger partial charge in [0.1, 0.15) is 24.1 Å². The van der Waals surface area contributed by atoms with Crippen LogP contribution in [0.1, 0.15) is 83.3 Å². The van der Waals surface area contributed by atoms with Gasteiger partial charge in [-0.1, -0.05) is 81.2 Å². The van der Waals surface area contributed by atoms with Crippen LogP contribution in [0.4, 0.5) is 0 Å². The van der Waals surface area contributed by atoms with Crippen molar-refractivity contribution in [3.05, 3.63) is 94.1 Å². The molecular weight excluding hydrogens is 548 g/mol. The van der Waals surface area contributed by atoms with Gasteiger partial charge in [0.05, 0.1) is 6.61 Å². The lowest BCUT2D eigenvalue weighted by atomic mass is 10.1. The molecule has 0 bridgehead atoms. The van der Waals surface area contributed by atoms with Gasteiger partial charge in [-0.2, -0.15) is 0 Å². The van der Waals surface area contributed by atoms with Crippen molar-refractivity contribution in [3.8, 4) is 11.5 Å². The van der Waals surface area contributed by atoms with Gasteiger partial charge < -0.3 is 19.6 Å². The number of esters is 1. The average molecular weight is 597 g/mol. The van der Waals surface area contributed by atoms with E-state index in [0.717, 1.165) is 24.7 Å². The van der Waals surface area contributed by atoms with Crippen LogP contribution in [0.2, 0.25) is 0 Å². The highest BCUT2D eigenvalue weighted by Gasteiger charge is 2.14. The van der Waals surface area contributed by atoms with E-state index in [0.29, 0.717) is 12.0 Å². The highest BCUT2D eigenvalue weighted by molar-refractivity contribution is 5.79. The monoisotopic (exact) mass is 596 g/mol. The van der Waals surface area contributed by atoms with Gasteiger partial charge >= 0.3 is 5.97 Å². The number of carbonyl (C=O) groups excluding carboxylic acids is 2. The van der Waals surface area contributed by atoms with Crippen molar-refractivity contribution in [2.24, 2.45) is 5.92 Å². The van der Waals surface area contributed by atoms with Crippen LogP contribution in [0.3, 0.4) is 0 Å². The van der Waals surface area contributed by atoms with Gasteiger partial charge in [-0.05, 0) is 87.8 Å². The molecule has 3 rings (SSSR count). The van der Waals surface area contributed by atoms with E-state index in [4.69, 9.17) is 9.47 Å². The predicted octanol–water partition coefficient (Wildman–Crippen LogP) is 7.70. The summed E-state index contributed by atoms with van der Waals surface area (Å²) in [6.45, 7) is 8.46. The Bertz CT molecular complexity index is 1110. The van der Waals surface area contributed by atoms with Crippen LogP contribution in [0, 0.1) is 23.0 Å². The number of nitrogens with zero attached hydrogens (tertiary/aromatic N) is 1. The number of unbranched alkanes of at least 4 members (excludes halogenated alkanes) is 2. The van der Waals surface area contributed by atoms with Crippen molar-refractivity contribution in [2.45, 2.75) is 91.7 Å². The fourth-order valence-corrected chi connectivity index (χ4v) is 4.03. The third-order valence-corrected chi connectivity index (χ3v) is 6.46. The van der Waals surface area contributed by atoms with Crippen LogP contribution >= 0.6 is 0 Å². The van der Waals surface area contributed by atoms with E-state index in [1.807, 2.05) is 12.1 Å². The predicted molar refractivity (Wildman–Crippen MR) is 169 cm³/mol. The third kappa shape index (κ3) is 18.8. The number of amides is 1. The maximum Gasteiger partial charge on any atom is 0.333 e. The largest absolute Gasteiger partial charge is 0.493 e. The first-order chi connectivity index (χ1) is 20.8. The molecule has 1 N–H and O–H groups in total. The number of rotatable bonds is 15. The average Bonchev–Trinajstić information content (AvgIpc) is 3.51. The smallest absolute Gasteiger partial charge is 0.333 e. The van der Waals surface area contributed by atoms with E-state index >= 15 is 0 Å². The molecule has 0 spiro atoms. The first kappa shape index (κ1) is 36.9. The Kier molecular flexibility index (Phi) is 20.1. The van der Waals surface area contributed by atoms with Gasteiger partial charge in [0.25, 0.3) is 5.09 Å². The summed E-state index contributed by atoms with van der Waals surface area (Å²) in [5, 5.41) is 11.4. The number of ether oxygens (including phenoxy) is 2. The molecule has 0 heterocycles. The number of allylic oxidation sites excluding steroid dienone is 3. The van der Waals surface area contributed by atoms with Gasteiger partial charge in [0.15, 0.2) is 0 Å². The van der Waals surface area contributed by atoms with Crippen LogP contribution < -0.4 is 14.8 Å². The SMILES string of the molecule is C/C=C\CCCC.CC(NC=O)C(=O)Oc1ccc(CO[N+](=O)[O-])cc1.Cc1cccc(OCC/C=C/C2CCCC2)c1. The molecule has 1 aliphatic rings. The summed E-state index contributed by atoms with van der Waals surface area (Å²) < 4.78 is 10.7. The molecule has 1 atom stereocenters. The van der Waals surface area contributed by atoms with Crippen molar-refractivity contribution >= 4 is 12.4 Å². The summed E-state index contributed by atoms with van der Waals surface area (Å²) in [5.41, 5.74) is 1.82. The topological polar surface area (TPSA) is 117 Å². The molecule has 1 fully saturated rings. The Balaban J connectivity index is 0.000000355. The highest BCUT2D eigenvalue weighted by Crippen LogP contribution is 2.25. The minimum absolute atomic E-state index is 0.176. The van der Waals surface area contributed by atoms with Crippen LogP contribution in [0.15, 0.2) is 72.8 Å². The summed E-state index contributed by atoms with van der Waals surface area (Å²) in [6, 6.07) is 13.5. The maximum absolute atomic E-state index is 11.4. The molecule has 1 unspecified atom stereocenters. The van der Waals surface area contributed by atoms with Crippen LogP contribution in [-0.4, -0.2) is 30.1 Å². The molecule has 0 saturated heterocycles. The molecular formula is C34H48N2O7. The summed E-state index contributed by atoms with van der Waals surface area (Å²) in [7, 11) is 0. The molecule has 0 aromatic heterocycles.